The van der Waals surface area contributed by atoms with Gasteiger partial charge in [-0.05, 0) is 45.4 Å². The lowest BCUT2D eigenvalue weighted by molar-refractivity contribution is 0.0523. The van der Waals surface area contributed by atoms with Crippen LogP contribution in [0.2, 0.25) is 5.15 Å². The van der Waals surface area contributed by atoms with Crippen molar-refractivity contribution in [3.05, 3.63) is 34.6 Å². The molecule has 112 valence electrons. The summed E-state index contributed by atoms with van der Waals surface area (Å²) < 4.78 is 5.16. The van der Waals surface area contributed by atoms with Gasteiger partial charge >= 0.3 is 6.09 Å². The minimum atomic E-state index is -0.542. The molecule has 1 aromatic heterocycles. The number of halogens is 1. The molecule has 0 saturated carbocycles. The molecule has 1 amide bonds. The highest BCUT2D eigenvalue weighted by Gasteiger charge is 2.16. The Morgan fingerprint density at radius 3 is 2.67 bits per heavy atom. The molecule has 0 fully saturated rings. The lowest BCUT2D eigenvalue weighted by atomic mass is 10.2. The molecule has 1 N–H and O–H groups in total. The van der Waals surface area contributed by atoms with Gasteiger partial charge in [0, 0.05) is 0 Å². The fourth-order valence-corrected chi connectivity index (χ4v) is 1.96. The van der Waals surface area contributed by atoms with Crippen molar-refractivity contribution in [1.82, 2.24) is 15.3 Å². The molecule has 2 rings (SSSR count). The molecule has 1 heterocycles. The number of amides is 1. The van der Waals surface area contributed by atoms with Crippen molar-refractivity contribution < 1.29 is 9.53 Å². The quantitative estimate of drug-likeness (QED) is 0.920. The molecule has 21 heavy (non-hydrogen) atoms. The second-order valence-corrected chi connectivity index (χ2v) is 6.17. The Bertz CT molecular complexity index is 680. The number of rotatable bonds is 2. The van der Waals surface area contributed by atoms with Gasteiger partial charge < -0.3 is 10.1 Å². The van der Waals surface area contributed by atoms with Crippen molar-refractivity contribution >= 4 is 28.7 Å². The van der Waals surface area contributed by atoms with E-state index < -0.39 is 11.7 Å². The third-order valence-corrected chi connectivity index (χ3v) is 2.94. The summed E-state index contributed by atoms with van der Waals surface area (Å²) in [4.78, 5) is 20.4. The number of hydrogen-bond donors (Lipinski definition) is 1. The van der Waals surface area contributed by atoms with Crippen LogP contribution in [0.5, 0.6) is 0 Å². The lowest BCUT2D eigenvalue weighted by Crippen LogP contribution is -2.32. The van der Waals surface area contributed by atoms with E-state index in [2.05, 4.69) is 15.3 Å². The van der Waals surface area contributed by atoms with Crippen LogP contribution >= 0.6 is 11.6 Å². The summed E-state index contributed by atoms with van der Waals surface area (Å²) in [6.07, 6.45) is -0.510. The minimum Gasteiger partial charge on any atom is -0.444 e. The summed E-state index contributed by atoms with van der Waals surface area (Å²) in [7, 11) is 0. The van der Waals surface area contributed by atoms with Crippen LogP contribution in [-0.4, -0.2) is 21.7 Å². The second kappa shape index (κ2) is 5.85. The topological polar surface area (TPSA) is 64.1 Å². The summed E-state index contributed by atoms with van der Waals surface area (Å²) in [6.45, 7) is 7.56. The van der Waals surface area contributed by atoms with Crippen LogP contribution < -0.4 is 5.32 Å². The minimum absolute atomic E-state index is 0.171. The number of hydrogen-bond acceptors (Lipinski definition) is 4. The van der Waals surface area contributed by atoms with Crippen molar-refractivity contribution in [2.75, 3.05) is 0 Å². The molecule has 1 aromatic carbocycles. The fourth-order valence-electron chi connectivity index (χ4n) is 1.76. The molecule has 5 nitrogen and oxygen atoms in total. The molecule has 0 bridgehead atoms. The first-order chi connectivity index (χ1) is 9.74. The number of ether oxygens (including phenoxy) is 1. The zero-order chi connectivity index (χ0) is 15.6. The Kier molecular flexibility index (Phi) is 4.32. The van der Waals surface area contributed by atoms with Crippen LogP contribution in [-0.2, 0) is 11.3 Å². The van der Waals surface area contributed by atoms with E-state index in [-0.39, 0.29) is 11.7 Å². The van der Waals surface area contributed by atoms with E-state index in [0.29, 0.717) is 5.69 Å². The molecular formula is C15H18ClN3O2. The molecular weight excluding hydrogens is 290 g/mol. The molecule has 0 aliphatic rings. The third-order valence-electron chi connectivity index (χ3n) is 2.64. The van der Waals surface area contributed by atoms with E-state index in [1.165, 1.54) is 0 Å². The van der Waals surface area contributed by atoms with E-state index in [1.54, 1.807) is 20.8 Å². The zero-order valence-electron chi connectivity index (χ0n) is 12.5. The van der Waals surface area contributed by atoms with Crippen molar-refractivity contribution in [1.29, 1.82) is 0 Å². The van der Waals surface area contributed by atoms with Gasteiger partial charge in [0.1, 0.15) is 5.60 Å². The predicted octanol–water partition coefficient (Wildman–Crippen LogP) is 3.62. The van der Waals surface area contributed by atoms with Crippen LogP contribution in [0.15, 0.2) is 18.2 Å². The monoisotopic (exact) mass is 307 g/mol. The zero-order valence-corrected chi connectivity index (χ0v) is 13.3. The highest BCUT2D eigenvalue weighted by atomic mass is 35.5. The Morgan fingerprint density at radius 2 is 2.00 bits per heavy atom. The number of benzene rings is 1. The van der Waals surface area contributed by atoms with Crippen LogP contribution in [0.4, 0.5) is 4.79 Å². The average molecular weight is 308 g/mol. The smallest absolute Gasteiger partial charge is 0.407 e. The van der Waals surface area contributed by atoms with Gasteiger partial charge in [-0.15, -0.1) is 0 Å². The summed E-state index contributed by atoms with van der Waals surface area (Å²) in [5.41, 5.74) is 2.54. The maximum absolute atomic E-state index is 11.6. The van der Waals surface area contributed by atoms with Gasteiger partial charge in [0.15, 0.2) is 5.15 Å². The van der Waals surface area contributed by atoms with Crippen LogP contribution in [0, 0.1) is 6.92 Å². The SMILES string of the molecule is Cc1ccc2nc(Cl)c(CNC(=O)OC(C)(C)C)nc2c1. The summed E-state index contributed by atoms with van der Waals surface area (Å²) in [6, 6.07) is 5.75. The van der Waals surface area contributed by atoms with Crippen LogP contribution in [0.1, 0.15) is 32.0 Å². The average Bonchev–Trinajstić information content (AvgIpc) is 2.34. The maximum Gasteiger partial charge on any atom is 0.407 e. The van der Waals surface area contributed by atoms with Crippen molar-refractivity contribution in [3.63, 3.8) is 0 Å². The van der Waals surface area contributed by atoms with Gasteiger partial charge in [-0.25, -0.2) is 14.8 Å². The van der Waals surface area contributed by atoms with Crippen molar-refractivity contribution in [2.45, 2.75) is 39.8 Å². The van der Waals surface area contributed by atoms with Crippen LogP contribution in [0.3, 0.4) is 0 Å². The number of carbonyl (C=O) groups is 1. The molecule has 0 radical (unpaired) electrons. The number of aryl methyl sites for hydroxylation is 1. The van der Waals surface area contributed by atoms with E-state index in [4.69, 9.17) is 16.3 Å². The van der Waals surface area contributed by atoms with Gasteiger partial charge in [0.25, 0.3) is 0 Å². The molecule has 0 aliphatic heterocycles. The molecule has 0 saturated heterocycles. The fraction of sp³-hybridized carbons (Fsp3) is 0.400. The number of carbonyl (C=O) groups excluding carboxylic acids is 1. The van der Waals surface area contributed by atoms with E-state index in [0.717, 1.165) is 16.6 Å². The van der Waals surface area contributed by atoms with Gasteiger partial charge in [-0.1, -0.05) is 17.7 Å². The van der Waals surface area contributed by atoms with E-state index in [9.17, 15) is 4.79 Å². The molecule has 2 aromatic rings. The normalized spacial score (nSPS) is 11.5. The molecule has 0 atom stereocenters. The predicted molar refractivity (Wildman–Crippen MR) is 82.4 cm³/mol. The summed E-state index contributed by atoms with van der Waals surface area (Å²) in [5.74, 6) is 0. The van der Waals surface area contributed by atoms with Crippen LogP contribution in [0.25, 0.3) is 11.0 Å². The second-order valence-electron chi connectivity index (χ2n) is 5.81. The maximum atomic E-state index is 11.6. The number of fused-ring (bicyclic) bond motifs is 1. The molecule has 0 unspecified atom stereocenters. The molecule has 6 heteroatoms. The number of nitrogens with one attached hydrogen (secondary N) is 1. The largest absolute Gasteiger partial charge is 0.444 e. The number of nitrogens with zero attached hydrogens (tertiary/aromatic N) is 2. The Labute approximate surface area is 128 Å². The highest BCUT2D eigenvalue weighted by molar-refractivity contribution is 6.30. The first-order valence-electron chi connectivity index (χ1n) is 6.64. The summed E-state index contributed by atoms with van der Waals surface area (Å²) in [5, 5.41) is 2.91. The van der Waals surface area contributed by atoms with Gasteiger partial charge in [0.2, 0.25) is 0 Å². The third kappa shape index (κ3) is 4.29. The van der Waals surface area contributed by atoms with Gasteiger partial charge in [-0.2, -0.15) is 0 Å². The Hall–Kier alpha value is -1.88. The highest BCUT2D eigenvalue weighted by Crippen LogP contribution is 2.18. The number of alkyl carbamates (subject to hydrolysis) is 1. The van der Waals surface area contributed by atoms with E-state index >= 15 is 0 Å². The first kappa shape index (κ1) is 15.5. The molecule has 0 spiro atoms. The van der Waals surface area contributed by atoms with E-state index in [1.807, 2.05) is 25.1 Å². The standard InChI is InChI=1S/C15H18ClN3O2/c1-9-5-6-10-11(7-9)18-12(13(16)19-10)8-17-14(20)21-15(2,3)4/h5-7H,8H2,1-4H3,(H,17,20). The molecule has 0 aliphatic carbocycles. The van der Waals surface area contributed by atoms with Gasteiger partial charge in [0.05, 0.1) is 23.3 Å². The Morgan fingerprint density at radius 1 is 1.29 bits per heavy atom. The van der Waals surface area contributed by atoms with Gasteiger partial charge in [-0.3, -0.25) is 0 Å². The summed E-state index contributed by atoms with van der Waals surface area (Å²) >= 11 is 6.09. The number of aromatic nitrogens is 2. The lowest BCUT2D eigenvalue weighted by Gasteiger charge is -2.19. The first-order valence-corrected chi connectivity index (χ1v) is 7.02. The van der Waals surface area contributed by atoms with Crippen molar-refractivity contribution in [2.24, 2.45) is 0 Å². The van der Waals surface area contributed by atoms with Crippen molar-refractivity contribution in [3.8, 4) is 0 Å². The Balaban J connectivity index is 2.15.